The molecule has 0 radical (unpaired) electrons. The topological polar surface area (TPSA) is 92.5 Å². The number of nitrogens with one attached hydrogen (secondary N) is 1. The predicted octanol–water partition coefficient (Wildman–Crippen LogP) is 1.98. The van der Waals surface area contributed by atoms with E-state index in [1.54, 1.807) is 24.0 Å². The van der Waals surface area contributed by atoms with Gasteiger partial charge in [-0.2, -0.15) is 0 Å². The smallest absolute Gasteiger partial charge is 0.240 e. The Morgan fingerprint density at radius 3 is 2.62 bits per heavy atom. The zero-order valence-corrected chi connectivity index (χ0v) is 14.2. The molecule has 0 unspecified atom stereocenters. The van der Waals surface area contributed by atoms with Crippen LogP contribution in [-0.4, -0.2) is 25.9 Å². The third-order valence-corrected chi connectivity index (χ3v) is 5.31. The van der Waals surface area contributed by atoms with Crippen LogP contribution in [0.15, 0.2) is 39.8 Å². The van der Waals surface area contributed by atoms with Crippen LogP contribution < -0.4 is 9.62 Å². The molecule has 7 nitrogen and oxygen atoms in total. The number of nitrogens with zero attached hydrogens (tertiary/aromatic N) is 2. The zero-order valence-electron chi connectivity index (χ0n) is 13.4. The van der Waals surface area contributed by atoms with E-state index in [1.807, 2.05) is 0 Å². The van der Waals surface area contributed by atoms with Crippen molar-refractivity contribution >= 4 is 21.6 Å². The van der Waals surface area contributed by atoms with Gasteiger partial charge in [-0.25, -0.2) is 18.1 Å². The summed E-state index contributed by atoms with van der Waals surface area (Å²) in [6.07, 6.45) is 3.83. The van der Waals surface area contributed by atoms with E-state index in [9.17, 15) is 13.2 Å². The van der Waals surface area contributed by atoms with E-state index in [2.05, 4.69) is 9.71 Å². The number of oxazole rings is 1. The number of aryl methyl sites for hydroxylation is 1. The minimum absolute atomic E-state index is 0.0615. The van der Waals surface area contributed by atoms with E-state index < -0.39 is 10.0 Å². The maximum Gasteiger partial charge on any atom is 0.240 e. The first-order valence-corrected chi connectivity index (χ1v) is 9.25. The summed E-state index contributed by atoms with van der Waals surface area (Å²) in [7, 11) is -3.65. The second kappa shape index (κ2) is 6.74. The third kappa shape index (κ3) is 3.65. The van der Waals surface area contributed by atoms with Gasteiger partial charge in [0.25, 0.3) is 0 Å². The van der Waals surface area contributed by atoms with Crippen molar-refractivity contribution in [3.63, 3.8) is 0 Å². The first-order valence-electron chi connectivity index (χ1n) is 7.77. The summed E-state index contributed by atoms with van der Waals surface area (Å²) in [6, 6.07) is 6.34. The van der Waals surface area contributed by atoms with Crippen LogP contribution >= 0.6 is 0 Å². The maximum atomic E-state index is 12.3. The van der Waals surface area contributed by atoms with Gasteiger partial charge in [0.2, 0.25) is 15.9 Å². The monoisotopic (exact) mass is 349 g/mol. The number of aromatic nitrogens is 1. The van der Waals surface area contributed by atoms with Gasteiger partial charge in [0.05, 0.1) is 17.1 Å². The molecule has 1 aliphatic rings. The fourth-order valence-corrected chi connectivity index (χ4v) is 3.62. The van der Waals surface area contributed by atoms with Gasteiger partial charge >= 0.3 is 0 Å². The summed E-state index contributed by atoms with van der Waals surface area (Å²) < 4.78 is 32.2. The van der Waals surface area contributed by atoms with Crippen LogP contribution in [0.5, 0.6) is 0 Å². The van der Waals surface area contributed by atoms with Crippen molar-refractivity contribution < 1.29 is 17.6 Å². The number of carbonyl (C=O) groups is 1. The zero-order chi connectivity index (χ0) is 17.2. The molecule has 1 aliphatic heterocycles. The lowest BCUT2D eigenvalue weighted by atomic mass is 10.1. The van der Waals surface area contributed by atoms with Crippen molar-refractivity contribution in [2.24, 2.45) is 0 Å². The summed E-state index contributed by atoms with van der Waals surface area (Å²) in [6.45, 7) is 2.43. The maximum absolute atomic E-state index is 12.3. The minimum Gasteiger partial charge on any atom is -0.449 e. The fraction of sp³-hybridized carbons (Fsp3) is 0.375. The normalized spacial score (nSPS) is 15.7. The molecule has 1 amide bonds. The Kier molecular flexibility index (Phi) is 4.68. The van der Waals surface area contributed by atoms with E-state index >= 15 is 0 Å². The molecule has 0 bridgehead atoms. The molecule has 0 aliphatic carbocycles. The van der Waals surface area contributed by atoms with E-state index in [0.717, 1.165) is 18.5 Å². The number of anilines is 1. The molecule has 2 heterocycles. The van der Waals surface area contributed by atoms with Crippen molar-refractivity contribution in [2.45, 2.75) is 37.6 Å². The lowest BCUT2D eigenvalue weighted by Crippen LogP contribution is -2.35. The number of hydrogen-bond acceptors (Lipinski definition) is 5. The van der Waals surface area contributed by atoms with Gasteiger partial charge < -0.3 is 9.32 Å². The number of piperidine rings is 1. The second-order valence-electron chi connectivity index (χ2n) is 5.68. The molecule has 1 aromatic carbocycles. The molecular weight excluding hydrogens is 330 g/mol. The Bertz CT molecular complexity index is 827. The molecule has 1 fully saturated rings. The molecule has 24 heavy (non-hydrogen) atoms. The Labute approximate surface area is 140 Å². The van der Waals surface area contributed by atoms with Gasteiger partial charge in [0, 0.05) is 25.6 Å². The van der Waals surface area contributed by atoms with Crippen LogP contribution in [0.3, 0.4) is 0 Å². The molecule has 0 atom stereocenters. The van der Waals surface area contributed by atoms with E-state index in [1.165, 1.54) is 18.4 Å². The molecule has 3 rings (SSSR count). The number of hydrogen-bond donors (Lipinski definition) is 1. The standard InChI is InChI=1S/C16H19N3O4S/c1-12-18-13(11-23-12)10-17-24(21,22)15-7-5-14(6-8-15)19-9-3-2-4-16(19)20/h5-8,11,17H,2-4,9-10H2,1H3. The molecule has 2 aromatic rings. The van der Waals surface area contributed by atoms with Gasteiger partial charge in [-0.05, 0) is 37.1 Å². The molecule has 0 saturated carbocycles. The molecule has 8 heteroatoms. The van der Waals surface area contributed by atoms with E-state index in [-0.39, 0.29) is 17.3 Å². The minimum atomic E-state index is -3.65. The summed E-state index contributed by atoms with van der Waals surface area (Å²) >= 11 is 0. The van der Waals surface area contributed by atoms with Gasteiger partial charge in [-0.15, -0.1) is 0 Å². The number of rotatable bonds is 5. The molecule has 1 aromatic heterocycles. The average Bonchev–Trinajstić information content (AvgIpc) is 2.99. The Morgan fingerprint density at radius 2 is 2.00 bits per heavy atom. The molecule has 1 saturated heterocycles. The first-order chi connectivity index (χ1) is 11.5. The van der Waals surface area contributed by atoms with Crippen LogP contribution in [0.1, 0.15) is 30.8 Å². The summed E-state index contributed by atoms with van der Waals surface area (Å²) in [4.78, 5) is 17.8. The van der Waals surface area contributed by atoms with Crippen molar-refractivity contribution in [1.82, 2.24) is 9.71 Å². The highest BCUT2D eigenvalue weighted by molar-refractivity contribution is 7.89. The molecule has 1 N–H and O–H groups in total. The molecule has 128 valence electrons. The highest BCUT2D eigenvalue weighted by atomic mass is 32.2. The number of carbonyl (C=O) groups excluding carboxylic acids is 1. The van der Waals surface area contributed by atoms with Crippen LogP contribution in [0.2, 0.25) is 0 Å². The highest BCUT2D eigenvalue weighted by Crippen LogP contribution is 2.22. The lowest BCUT2D eigenvalue weighted by Gasteiger charge is -2.26. The second-order valence-corrected chi connectivity index (χ2v) is 7.45. The SMILES string of the molecule is Cc1nc(CNS(=O)(=O)c2ccc(N3CCCCC3=O)cc2)co1. The van der Waals surface area contributed by atoms with Crippen molar-refractivity contribution in [1.29, 1.82) is 0 Å². The van der Waals surface area contributed by atoms with Gasteiger partial charge in [-0.1, -0.05) is 0 Å². The Morgan fingerprint density at radius 1 is 1.25 bits per heavy atom. The Hall–Kier alpha value is -2.19. The lowest BCUT2D eigenvalue weighted by molar-refractivity contribution is -0.119. The average molecular weight is 349 g/mol. The van der Waals surface area contributed by atoms with Gasteiger partial charge in [0.1, 0.15) is 6.26 Å². The van der Waals surface area contributed by atoms with Crippen LogP contribution in [0.25, 0.3) is 0 Å². The van der Waals surface area contributed by atoms with Gasteiger partial charge in [-0.3, -0.25) is 4.79 Å². The number of benzene rings is 1. The predicted molar refractivity (Wildman–Crippen MR) is 87.9 cm³/mol. The van der Waals surface area contributed by atoms with Crippen LogP contribution in [0.4, 0.5) is 5.69 Å². The van der Waals surface area contributed by atoms with E-state index in [0.29, 0.717) is 24.6 Å². The third-order valence-electron chi connectivity index (χ3n) is 3.89. The quantitative estimate of drug-likeness (QED) is 0.891. The fourth-order valence-electron chi connectivity index (χ4n) is 2.63. The molecule has 0 spiro atoms. The van der Waals surface area contributed by atoms with Crippen molar-refractivity contribution in [2.75, 3.05) is 11.4 Å². The number of sulfonamides is 1. The van der Waals surface area contributed by atoms with Crippen LogP contribution in [0, 0.1) is 6.92 Å². The van der Waals surface area contributed by atoms with E-state index in [4.69, 9.17) is 4.42 Å². The highest BCUT2D eigenvalue weighted by Gasteiger charge is 2.21. The number of amides is 1. The largest absolute Gasteiger partial charge is 0.449 e. The summed E-state index contributed by atoms with van der Waals surface area (Å²) in [5.41, 5.74) is 1.25. The first kappa shape index (κ1) is 16.7. The van der Waals surface area contributed by atoms with Crippen molar-refractivity contribution in [3.05, 3.63) is 42.1 Å². The summed E-state index contributed by atoms with van der Waals surface area (Å²) in [5.74, 6) is 0.566. The Balaban J connectivity index is 1.70. The molecular formula is C16H19N3O4S. The van der Waals surface area contributed by atoms with Gasteiger partial charge in [0.15, 0.2) is 5.89 Å². The summed E-state index contributed by atoms with van der Waals surface area (Å²) in [5, 5.41) is 0. The van der Waals surface area contributed by atoms with Crippen LogP contribution in [-0.2, 0) is 21.4 Å². The van der Waals surface area contributed by atoms with Crippen molar-refractivity contribution in [3.8, 4) is 0 Å².